The summed E-state index contributed by atoms with van der Waals surface area (Å²) >= 11 is 0. The number of fused-ring (bicyclic) bond motifs is 1. The lowest BCUT2D eigenvalue weighted by Crippen LogP contribution is -2.12. The Balaban J connectivity index is 1.79. The molecule has 0 atom stereocenters. The molecule has 0 aliphatic heterocycles. The number of aromatic nitrogens is 5. The van der Waals surface area contributed by atoms with Crippen molar-refractivity contribution in [1.82, 2.24) is 24.4 Å². The second-order valence-corrected chi connectivity index (χ2v) is 6.53. The Kier molecular flexibility index (Phi) is 4.59. The number of pyridine rings is 2. The molecule has 0 saturated carbocycles. The summed E-state index contributed by atoms with van der Waals surface area (Å²) < 4.78 is 3.35. The normalized spacial score (nSPS) is 10.3. The molecule has 8 nitrogen and oxygen atoms in total. The summed E-state index contributed by atoms with van der Waals surface area (Å²) in [5.74, 6) is 5.48. The summed E-state index contributed by atoms with van der Waals surface area (Å²) in [4.78, 5) is 15.5. The molecule has 4 heterocycles. The minimum atomic E-state index is -0.602. The summed E-state index contributed by atoms with van der Waals surface area (Å²) in [5, 5.41) is 17.9. The fourth-order valence-corrected chi connectivity index (χ4v) is 2.95. The van der Waals surface area contributed by atoms with E-state index in [1.165, 1.54) is 12.4 Å². The van der Waals surface area contributed by atoms with Crippen molar-refractivity contribution in [3.8, 4) is 29.0 Å². The van der Waals surface area contributed by atoms with Crippen LogP contribution in [-0.4, -0.2) is 30.3 Å². The molecule has 144 valence electrons. The van der Waals surface area contributed by atoms with Gasteiger partial charge in [-0.1, -0.05) is 12.5 Å². The molecule has 0 aromatic carbocycles. The molecular formula is C22H15N7O. The van der Waals surface area contributed by atoms with Crippen LogP contribution in [0.2, 0.25) is 0 Å². The Hall–Kier alpha value is -4.69. The third kappa shape index (κ3) is 3.41. The van der Waals surface area contributed by atoms with Gasteiger partial charge in [0.15, 0.2) is 0 Å². The molecule has 0 aliphatic carbocycles. The number of primary amides is 1. The first kappa shape index (κ1) is 18.7. The van der Waals surface area contributed by atoms with E-state index in [0.717, 1.165) is 11.1 Å². The molecule has 0 aliphatic rings. The molecular weight excluding hydrogens is 378 g/mol. The maximum absolute atomic E-state index is 11.2. The molecule has 4 rings (SSSR count). The predicted molar refractivity (Wildman–Crippen MR) is 111 cm³/mol. The molecule has 0 spiro atoms. The van der Waals surface area contributed by atoms with Crippen molar-refractivity contribution in [3.63, 3.8) is 0 Å². The minimum Gasteiger partial charge on any atom is -0.366 e. The Morgan fingerprint density at radius 2 is 1.93 bits per heavy atom. The number of nitrogens with zero attached hydrogens (tertiary/aromatic N) is 6. The SMILES string of the molecule is C=C(C(N)=O)c1ccc(C#Cc2cc(-c3cnn(C)c3)cn3ncc(C#N)c23)nc1. The quantitative estimate of drug-likeness (QED) is 0.422. The van der Waals surface area contributed by atoms with Gasteiger partial charge in [-0.15, -0.1) is 0 Å². The zero-order valence-electron chi connectivity index (χ0n) is 16.0. The summed E-state index contributed by atoms with van der Waals surface area (Å²) in [6.45, 7) is 3.64. The summed E-state index contributed by atoms with van der Waals surface area (Å²) in [7, 11) is 1.84. The van der Waals surface area contributed by atoms with Crippen LogP contribution >= 0.6 is 0 Å². The number of hydrogen-bond donors (Lipinski definition) is 1. The minimum absolute atomic E-state index is 0.186. The molecule has 1 amide bonds. The number of rotatable bonds is 3. The summed E-state index contributed by atoms with van der Waals surface area (Å²) in [6.07, 6.45) is 8.48. The van der Waals surface area contributed by atoms with Crippen molar-refractivity contribution < 1.29 is 4.79 Å². The molecule has 4 aromatic heterocycles. The topological polar surface area (TPSA) is 115 Å². The van der Waals surface area contributed by atoms with Crippen LogP contribution in [0.4, 0.5) is 0 Å². The average Bonchev–Trinajstić information content (AvgIpc) is 3.37. The van der Waals surface area contributed by atoms with Crippen molar-refractivity contribution in [2.24, 2.45) is 12.8 Å². The monoisotopic (exact) mass is 393 g/mol. The van der Waals surface area contributed by atoms with Crippen molar-refractivity contribution in [3.05, 3.63) is 78.1 Å². The largest absolute Gasteiger partial charge is 0.366 e. The van der Waals surface area contributed by atoms with E-state index in [4.69, 9.17) is 5.73 Å². The van der Waals surface area contributed by atoms with Crippen molar-refractivity contribution in [2.75, 3.05) is 0 Å². The molecule has 0 bridgehead atoms. The lowest BCUT2D eigenvalue weighted by atomic mass is 10.1. The standard InChI is InChI=1S/C22H15N7O/c1-14(22(24)30)16-4-6-20(25-9-16)5-3-15-7-17(19-11-26-28(2)12-19)13-29-21(15)18(8-23)10-27-29/h4,6-7,9-13H,1H2,2H3,(H2,24,30). The second-order valence-electron chi connectivity index (χ2n) is 6.53. The van der Waals surface area contributed by atoms with E-state index in [-0.39, 0.29) is 5.57 Å². The molecule has 8 heteroatoms. The van der Waals surface area contributed by atoms with Crippen LogP contribution in [0.3, 0.4) is 0 Å². The summed E-state index contributed by atoms with van der Waals surface area (Å²) in [6, 6.07) is 7.41. The summed E-state index contributed by atoms with van der Waals surface area (Å²) in [5.41, 5.74) is 9.93. The highest BCUT2D eigenvalue weighted by Gasteiger charge is 2.12. The van der Waals surface area contributed by atoms with Crippen LogP contribution in [0.5, 0.6) is 0 Å². The number of nitriles is 1. The first-order chi connectivity index (χ1) is 14.5. The van der Waals surface area contributed by atoms with Crippen LogP contribution in [0.15, 0.2) is 55.8 Å². The van der Waals surface area contributed by atoms with Gasteiger partial charge >= 0.3 is 0 Å². The van der Waals surface area contributed by atoms with Crippen LogP contribution < -0.4 is 5.73 Å². The van der Waals surface area contributed by atoms with Crippen molar-refractivity contribution >= 4 is 17.0 Å². The Morgan fingerprint density at radius 1 is 1.10 bits per heavy atom. The first-order valence-electron chi connectivity index (χ1n) is 8.84. The third-order valence-corrected chi connectivity index (χ3v) is 4.51. The highest BCUT2D eigenvalue weighted by molar-refractivity contribution is 6.17. The van der Waals surface area contributed by atoms with E-state index in [1.807, 2.05) is 25.5 Å². The fraction of sp³-hybridized carbons (Fsp3) is 0.0455. The van der Waals surface area contributed by atoms with Crippen molar-refractivity contribution in [2.45, 2.75) is 0 Å². The highest BCUT2D eigenvalue weighted by atomic mass is 16.1. The Labute approximate surface area is 171 Å². The van der Waals surface area contributed by atoms with Gasteiger partial charge in [-0.2, -0.15) is 15.5 Å². The maximum Gasteiger partial charge on any atom is 0.248 e. The van der Waals surface area contributed by atoms with E-state index in [9.17, 15) is 10.1 Å². The lowest BCUT2D eigenvalue weighted by molar-refractivity contribution is -0.112. The van der Waals surface area contributed by atoms with E-state index in [1.54, 1.807) is 27.5 Å². The van der Waals surface area contributed by atoms with Crippen LogP contribution in [0.1, 0.15) is 22.4 Å². The van der Waals surface area contributed by atoms with E-state index in [2.05, 4.69) is 39.7 Å². The predicted octanol–water partition coefficient (Wildman–Crippen LogP) is 1.90. The third-order valence-electron chi connectivity index (χ3n) is 4.51. The maximum atomic E-state index is 11.2. The first-order valence-corrected chi connectivity index (χ1v) is 8.84. The molecule has 0 saturated heterocycles. The van der Waals surface area contributed by atoms with Gasteiger partial charge in [0.05, 0.1) is 29.0 Å². The van der Waals surface area contributed by atoms with Gasteiger partial charge in [0.25, 0.3) is 0 Å². The molecule has 30 heavy (non-hydrogen) atoms. The highest BCUT2D eigenvalue weighted by Crippen LogP contribution is 2.24. The van der Waals surface area contributed by atoms with E-state index in [0.29, 0.717) is 27.9 Å². The fourth-order valence-electron chi connectivity index (χ4n) is 2.95. The number of aryl methyl sites for hydroxylation is 1. The molecule has 2 N–H and O–H groups in total. The Morgan fingerprint density at radius 3 is 2.57 bits per heavy atom. The van der Waals surface area contributed by atoms with Crippen molar-refractivity contribution in [1.29, 1.82) is 5.26 Å². The smallest absolute Gasteiger partial charge is 0.248 e. The van der Waals surface area contributed by atoms with Gasteiger partial charge in [-0.25, -0.2) is 9.50 Å². The number of carbonyl (C=O) groups excluding carboxylic acids is 1. The number of nitrogens with two attached hydrogens (primary N) is 1. The van der Waals surface area contributed by atoms with Crippen LogP contribution in [0, 0.1) is 23.2 Å². The van der Waals surface area contributed by atoms with Gasteiger partial charge < -0.3 is 5.73 Å². The van der Waals surface area contributed by atoms with Gasteiger partial charge in [-0.05, 0) is 24.1 Å². The number of hydrogen-bond acceptors (Lipinski definition) is 5. The zero-order chi connectivity index (χ0) is 21.3. The molecule has 0 fully saturated rings. The van der Waals surface area contributed by atoms with Gasteiger partial charge in [0, 0.05) is 47.9 Å². The number of amides is 1. The molecule has 0 unspecified atom stereocenters. The average molecular weight is 393 g/mol. The zero-order valence-corrected chi connectivity index (χ0v) is 16.0. The Bertz CT molecular complexity index is 1410. The van der Waals surface area contributed by atoms with E-state index >= 15 is 0 Å². The molecule has 0 radical (unpaired) electrons. The van der Waals surface area contributed by atoms with Gasteiger partial charge in [-0.3, -0.25) is 9.48 Å². The van der Waals surface area contributed by atoms with Gasteiger partial charge in [0.2, 0.25) is 5.91 Å². The van der Waals surface area contributed by atoms with Crippen LogP contribution in [-0.2, 0) is 11.8 Å². The van der Waals surface area contributed by atoms with Gasteiger partial charge in [0.1, 0.15) is 11.8 Å². The van der Waals surface area contributed by atoms with E-state index < -0.39 is 5.91 Å². The second kappa shape index (κ2) is 7.38. The molecule has 4 aromatic rings. The lowest BCUT2D eigenvalue weighted by Gasteiger charge is -2.03. The number of carbonyl (C=O) groups is 1. The van der Waals surface area contributed by atoms with Crippen LogP contribution in [0.25, 0.3) is 22.2 Å².